The number of esters is 3. The van der Waals surface area contributed by atoms with Gasteiger partial charge >= 0.3 is 17.9 Å². The van der Waals surface area contributed by atoms with Crippen LogP contribution in [0.3, 0.4) is 0 Å². The molecule has 1 heterocycles. The molecule has 0 unspecified atom stereocenters. The molecule has 0 fully saturated rings. The first kappa shape index (κ1) is 20.1. The highest BCUT2D eigenvalue weighted by Crippen LogP contribution is 2.19. The van der Waals surface area contributed by atoms with E-state index in [-0.39, 0.29) is 18.9 Å². The summed E-state index contributed by atoms with van der Waals surface area (Å²) < 4.78 is 14.3. The van der Waals surface area contributed by atoms with E-state index in [1.165, 1.54) is 0 Å². The molecule has 1 rings (SSSR count). The van der Waals surface area contributed by atoms with Crippen LogP contribution in [0, 0.1) is 13.8 Å². The van der Waals surface area contributed by atoms with E-state index < -0.39 is 30.3 Å². The fraction of sp³-hybridized carbons (Fsp3) is 0.412. The zero-order valence-electron chi connectivity index (χ0n) is 14.6. The lowest BCUT2D eigenvalue weighted by molar-refractivity contribution is -0.139. The number of Topliss-reactive ketones (excluding diaryl/α,β-unsaturated/α-hetero) is 1. The van der Waals surface area contributed by atoms with E-state index in [9.17, 15) is 19.2 Å². The molecule has 0 aliphatic heterocycles. The van der Waals surface area contributed by atoms with Crippen LogP contribution in [-0.2, 0) is 23.8 Å². The molecule has 0 bridgehead atoms. The van der Waals surface area contributed by atoms with Crippen molar-refractivity contribution in [1.82, 2.24) is 4.98 Å². The van der Waals surface area contributed by atoms with Gasteiger partial charge in [0, 0.05) is 17.8 Å². The number of H-pyrrole nitrogens is 1. The molecular formula is C17H21NO7. The van der Waals surface area contributed by atoms with E-state index in [1.807, 2.05) is 0 Å². The lowest BCUT2D eigenvalue weighted by Gasteiger charge is -2.03. The minimum Gasteiger partial charge on any atom is -0.463 e. The summed E-state index contributed by atoms with van der Waals surface area (Å²) in [5, 5.41) is 0. The Kier molecular flexibility index (Phi) is 7.58. The number of ketones is 1. The number of aromatic nitrogens is 1. The number of aromatic amines is 1. The van der Waals surface area contributed by atoms with Crippen molar-refractivity contribution in [3.8, 4) is 0 Å². The molecule has 0 aromatic carbocycles. The van der Waals surface area contributed by atoms with Crippen LogP contribution >= 0.6 is 0 Å². The number of aryl methyl sites for hydroxylation is 1. The minimum absolute atomic E-state index is 0.169. The Bertz CT molecular complexity index is 700. The first-order chi connectivity index (χ1) is 11.8. The summed E-state index contributed by atoms with van der Waals surface area (Å²) in [7, 11) is 0. The molecule has 0 spiro atoms. The molecule has 8 nitrogen and oxygen atoms in total. The normalized spacial score (nSPS) is 10.6. The Morgan fingerprint density at radius 1 is 0.920 bits per heavy atom. The highest BCUT2D eigenvalue weighted by molar-refractivity contribution is 6.03. The van der Waals surface area contributed by atoms with Gasteiger partial charge in [0.1, 0.15) is 0 Å². The van der Waals surface area contributed by atoms with Crippen molar-refractivity contribution in [3.63, 3.8) is 0 Å². The minimum atomic E-state index is -0.854. The highest BCUT2D eigenvalue weighted by atomic mass is 16.5. The van der Waals surface area contributed by atoms with Gasteiger partial charge in [0.15, 0.2) is 6.61 Å². The maximum atomic E-state index is 12.2. The van der Waals surface area contributed by atoms with Gasteiger partial charge in [-0.2, -0.15) is 0 Å². The highest BCUT2D eigenvalue weighted by Gasteiger charge is 2.23. The molecule has 8 heteroatoms. The summed E-state index contributed by atoms with van der Waals surface area (Å²) in [6.45, 7) is 6.44. The van der Waals surface area contributed by atoms with Crippen LogP contribution in [0.1, 0.15) is 46.0 Å². The third-order valence-corrected chi connectivity index (χ3v) is 3.18. The molecule has 1 N–H and O–H groups in total. The Labute approximate surface area is 145 Å². The summed E-state index contributed by atoms with van der Waals surface area (Å²) in [6, 6.07) is 0. The molecule has 0 aliphatic rings. The molecular weight excluding hydrogens is 330 g/mol. The SMILES string of the molecule is CCOC(=O)/C=C/C(=O)OCC(=O)c1[nH]c(C)c(C(=O)OCC)c1C. The zero-order chi connectivity index (χ0) is 19.0. The first-order valence-corrected chi connectivity index (χ1v) is 7.72. The number of ether oxygens (including phenoxy) is 3. The van der Waals surface area contributed by atoms with Crippen molar-refractivity contribution < 1.29 is 33.4 Å². The maximum absolute atomic E-state index is 12.2. The number of nitrogens with one attached hydrogen (secondary N) is 1. The fourth-order valence-corrected chi connectivity index (χ4v) is 2.12. The summed E-state index contributed by atoms with van der Waals surface area (Å²) in [5.41, 5.74) is 1.38. The van der Waals surface area contributed by atoms with Crippen LogP contribution in [-0.4, -0.2) is 48.5 Å². The van der Waals surface area contributed by atoms with Gasteiger partial charge < -0.3 is 19.2 Å². The largest absolute Gasteiger partial charge is 0.463 e. The standard InChI is InChI=1S/C17H21NO7/c1-5-23-13(20)7-8-14(21)25-9-12(19)16-10(3)15(11(4)18-16)17(22)24-6-2/h7-8,18H,5-6,9H2,1-4H3/b8-7+. The third-order valence-electron chi connectivity index (χ3n) is 3.18. The van der Waals surface area contributed by atoms with Gasteiger partial charge in [-0.05, 0) is 33.3 Å². The fourth-order valence-electron chi connectivity index (χ4n) is 2.12. The topological polar surface area (TPSA) is 112 Å². The molecule has 0 aliphatic carbocycles. The Morgan fingerprint density at radius 3 is 2.04 bits per heavy atom. The molecule has 1 aromatic rings. The Hall–Kier alpha value is -2.90. The van der Waals surface area contributed by atoms with Crippen molar-refractivity contribution in [1.29, 1.82) is 0 Å². The van der Waals surface area contributed by atoms with Gasteiger partial charge in [0.25, 0.3) is 0 Å². The molecule has 0 atom stereocenters. The van der Waals surface area contributed by atoms with E-state index in [4.69, 9.17) is 9.47 Å². The van der Waals surface area contributed by atoms with Crippen LogP contribution in [0.4, 0.5) is 0 Å². The second kappa shape index (κ2) is 9.41. The smallest absolute Gasteiger partial charge is 0.340 e. The predicted molar refractivity (Wildman–Crippen MR) is 87.3 cm³/mol. The van der Waals surface area contributed by atoms with E-state index >= 15 is 0 Å². The first-order valence-electron chi connectivity index (χ1n) is 7.72. The van der Waals surface area contributed by atoms with Crippen molar-refractivity contribution in [2.24, 2.45) is 0 Å². The molecule has 136 valence electrons. The third kappa shape index (κ3) is 5.59. The molecule has 0 radical (unpaired) electrons. The van der Waals surface area contributed by atoms with Gasteiger partial charge in [-0.3, -0.25) is 4.79 Å². The number of carbonyl (C=O) groups is 4. The lowest BCUT2D eigenvalue weighted by Crippen LogP contribution is -2.14. The van der Waals surface area contributed by atoms with Crippen LogP contribution in [0.15, 0.2) is 12.2 Å². The second-order valence-electron chi connectivity index (χ2n) is 4.96. The van der Waals surface area contributed by atoms with Gasteiger partial charge in [0.2, 0.25) is 5.78 Å². The van der Waals surface area contributed by atoms with Crippen molar-refractivity contribution >= 4 is 23.7 Å². The summed E-state index contributed by atoms with van der Waals surface area (Å²) in [5.74, 6) is -2.56. The Balaban J connectivity index is 2.73. The van der Waals surface area contributed by atoms with Gasteiger partial charge in [0.05, 0.1) is 24.5 Å². The summed E-state index contributed by atoms with van der Waals surface area (Å²) in [4.78, 5) is 49.4. The average molecular weight is 351 g/mol. The number of rotatable bonds is 8. The number of carbonyl (C=O) groups excluding carboxylic acids is 4. The van der Waals surface area contributed by atoms with Gasteiger partial charge in [-0.25, -0.2) is 14.4 Å². The Morgan fingerprint density at radius 2 is 1.48 bits per heavy atom. The number of hydrogen-bond donors (Lipinski definition) is 1. The van der Waals surface area contributed by atoms with E-state index in [0.717, 1.165) is 12.2 Å². The van der Waals surface area contributed by atoms with Gasteiger partial charge in [-0.1, -0.05) is 0 Å². The monoisotopic (exact) mass is 351 g/mol. The van der Waals surface area contributed by atoms with Crippen LogP contribution in [0.2, 0.25) is 0 Å². The lowest BCUT2D eigenvalue weighted by atomic mass is 10.1. The van der Waals surface area contributed by atoms with Crippen molar-refractivity contribution in [3.05, 3.63) is 34.7 Å². The number of hydrogen-bond acceptors (Lipinski definition) is 7. The van der Waals surface area contributed by atoms with Crippen LogP contribution in [0.25, 0.3) is 0 Å². The molecule has 0 saturated carbocycles. The van der Waals surface area contributed by atoms with E-state index in [2.05, 4.69) is 9.72 Å². The van der Waals surface area contributed by atoms with E-state index in [0.29, 0.717) is 16.8 Å². The quantitative estimate of drug-likeness (QED) is 0.328. The molecule has 25 heavy (non-hydrogen) atoms. The van der Waals surface area contributed by atoms with Crippen LogP contribution in [0.5, 0.6) is 0 Å². The molecule has 0 amide bonds. The average Bonchev–Trinajstić information content (AvgIpc) is 2.86. The second-order valence-corrected chi connectivity index (χ2v) is 4.96. The van der Waals surface area contributed by atoms with Crippen molar-refractivity contribution in [2.75, 3.05) is 19.8 Å². The van der Waals surface area contributed by atoms with E-state index in [1.54, 1.807) is 27.7 Å². The van der Waals surface area contributed by atoms with Crippen LogP contribution < -0.4 is 0 Å². The predicted octanol–water partition coefficient (Wildman–Crippen LogP) is 1.65. The molecule has 0 saturated heterocycles. The summed E-state index contributed by atoms with van der Waals surface area (Å²) in [6.07, 6.45) is 1.79. The van der Waals surface area contributed by atoms with Crippen molar-refractivity contribution in [2.45, 2.75) is 27.7 Å². The maximum Gasteiger partial charge on any atom is 0.340 e. The zero-order valence-corrected chi connectivity index (χ0v) is 14.6. The molecule has 1 aromatic heterocycles. The summed E-state index contributed by atoms with van der Waals surface area (Å²) >= 11 is 0. The van der Waals surface area contributed by atoms with Gasteiger partial charge in [-0.15, -0.1) is 0 Å².